The van der Waals surface area contributed by atoms with Crippen LogP contribution in [0.25, 0.3) is 21.8 Å². The maximum absolute atomic E-state index is 15.8. The summed E-state index contributed by atoms with van der Waals surface area (Å²) in [4.78, 5) is 12.8. The molecule has 6 nitrogen and oxygen atoms in total. The molecular weight excluding hydrogens is 495 g/mol. The molecule has 2 aromatic carbocycles. The van der Waals surface area contributed by atoms with Crippen LogP contribution in [0.1, 0.15) is 25.8 Å². The molecule has 2 heterocycles. The Balaban J connectivity index is 1.85. The molecule has 0 aliphatic rings. The molecule has 2 aromatic heterocycles. The lowest BCUT2D eigenvalue weighted by atomic mass is 9.98. The summed E-state index contributed by atoms with van der Waals surface area (Å²) >= 11 is 1.35. The molecule has 0 amide bonds. The third kappa shape index (κ3) is 4.92. The molecule has 4 aromatic rings. The van der Waals surface area contributed by atoms with Crippen molar-refractivity contribution in [2.45, 2.75) is 31.1 Å². The van der Waals surface area contributed by atoms with Crippen molar-refractivity contribution in [2.24, 2.45) is 0 Å². The molecule has 0 saturated carbocycles. The minimum atomic E-state index is -3.87. The van der Waals surface area contributed by atoms with Crippen LogP contribution in [-0.2, 0) is 15.5 Å². The lowest BCUT2D eigenvalue weighted by Crippen LogP contribution is -2.24. The molecule has 35 heavy (non-hydrogen) atoms. The maximum Gasteiger partial charge on any atom is 0.220 e. The average molecular weight is 520 g/mol. The Bertz CT molecular complexity index is 1450. The monoisotopic (exact) mass is 519 g/mol. The van der Waals surface area contributed by atoms with Gasteiger partial charge in [-0.05, 0) is 40.5 Å². The van der Waals surface area contributed by atoms with E-state index in [0.717, 1.165) is 23.4 Å². The molecule has 0 aliphatic heterocycles. The topological polar surface area (TPSA) is 93.8 Å². The summed E-state index contributed by atoms with van der Waals surface area (Å²) in [5, 5.41) is 0.743. The van der Waals surface area contributed by atoms with E-state index < -0.39 is 32.5 Å². The van der Waals surface area contributed by atoms with Crippen LogP contribution in [0.3, 0.4) is 0 Å². The van der Waals surface area contributed by atoms with Gasteiger partial charge in [0.25, 0.3) is 0 Å². The van der Waals surface area contributed by atoms with Crippen molar-refractivity contribution in [3.63, 3.8) is 0 Å². The first-order valence-corrected chi connectivity index (χ1v) is 13.5. The van der Waals surface area contributed by atoms with Crippen molar-refractivity contribution >= 4 is 33.1 Å². The Labute approximate surface area is 206 Å². The lowest BCUT2D eigenvalue weighted by molar-refractivity contribution is 0.533. The SMILES string of the molecule is CC(C)(C)c1nc(-c2cccc(N[SH](C)(=O)c3c(F)cccc3F)c2F)c(-c2ccnc(N)n2)s1. The minimum absolute atomic E-state index is 0.0638. The first-order chi connectivity index (χ1) is 16.4. The van der Waals surface area contributed by atoms with Gasteiger partial charge in [-0.25, -0.2) is 28.1 Å². The van der Waals surface area contributed by atoms with Gasteiger partial charge in [-0.1, -0.05) is 32.9 Å². The highest BCUT2D eigenvalue weighted by Gasteiger charge is 2.27. The molecule has 0 atom stereocenters. The Hall–Kier alpha value is -3.31. The molecule has 0 aliphatic carbocycles. The van der Waals surface area contributed by atoms with Gasteiger partial charge in [-0.15, -0.1) is 11.3 Å². The van der Waals surface area contributed by atoms with E-state index in [9.17, 15) is 13.0 Å². The fourth-order valence-corrected chi connectivity index (χ4v) is 6.30. The van der Waals surface area contributed by atoms with Gasteiger partial charge >= 0.3 is 0 Å². The van der Waals surface area contributed by atoms with Crippen LogP contribution in [0.4, 0.5) is 24.8 Å². The van der Waals surface area contributed by atoms with Gasteiger partial charge in [0, 0.05) is 23.4 Å². The average Bonchev–Trinajstić information content (AvgIpc) is 3.21. The number of thiazole rings is 1. The van der Waals surface area contributed by atoms with Gasteiger partial charge in [-0.3, -0.25) is 4.21 Å². The lowest BCUT2D eigenvalue weighted by Gasteiger charge is -2.24. The molecule has 0 radical (unpaired) electrons. The molecule has 0 bridgehead atoms. The summed E-state index contributed by atoms with van der Waals surface area (Å²) in [5.41, 5.74) is 6.18. The third-order valence-corrected chi connectivity index (χ3v) is 8.58. The van der Waals surface area contributed by atoms with Crippen LogP contribution in [0.15, 0.2) is 53.6 Å². The van der Waals surface area contributed by atoms with Crippen LogP contribution >= 0.6 is 11.3 Å². The van der Waals surface area contributed by atoms with Crippen molar-refractivity contribution in [3.8, 4) is 21.8 Å². The first kappa shape index (κ1) is 24.8. The van der Waals surface area contributed by atoms with E-state index in [1.54, 1.807) is 12.1 Å². The number of hydrogen-bond acceptors (Lipinski definition) is 6. The molecule has 0 saturated heterocycles. The summed E-state index contributed by atoms with van der Waals surface area (Å²) in [5.74, 6) is -2.65. The van der Waals surface area contributed by atoms with Crippen molar-refractivity contribution in [2.75, 3.05) is 16.7 Å². The van der Waals surface area contributed by atoms with Crippen molar-refractivity contribution in [3.05, 3.63) is 71.1 Å². The Morgan fingerprint density at radius 2 is 1.66 bits per heavy atom. The van der Waals surface area contributed by atoms with Gasteiger partial charge in [-0.2, -0.15) is 0 Å². The first-order valence-electron chi connectivity index (χ1n) is 10.6. The standard InChI is InChI=1S/C24H24F3N5OS2/c1-24(2,3)22-31-19(20(34-22)17-11-12-29-23(28)30-17)13-7-5-10-16(18(13)27)32-35(4,33)21-14(25)8-6-9-15(21)26/h5-12,35H,1-4H3,(H,32,33)(H2,28,29,30). The number of anilines is 2. The highest BCUT2D eigenvalue weighted by atomic mass is 32.3. The molecule has 0 unspecified atom stereocenters. The third-order valence-electron chi connectivity index (χ3n) is 5.13. The van der Waals surface area contributed by atoms with Gasteiger partial charge < -0.3 is 10.5 Å². The molecule has 0 spiro atoms. The number of rotatable bonds is 5. The number of aromatic nitrogens is 3. The Morgan fingerprint density at radius 1 is 1.00 bits per heavy atom. The second kappa shape index (κ2) is 9.04. The summed E-state index contributed by atoms with van der Waals surface area (Å²) in [6.07, 6.45) is 2.65. The summed E-state index contributed by atoms with van der Waals surface area (Å²) < 4.78 is 60.2. The summed E-state index contributed by atoms with van der Waals surface area (Å²) in [6, 6.07) is 9.27. The van der Waals surface area contributed by atoms with E-state index in [4.69, 9.17) is 10.7 Å². The van der Waals surface area contributed by atoms with E-state index >= 15 is 4.39 Å². The van der Waals surface area contributed by atoms with Crippen molar-refractivity contribution in [1.29, 1.82) is 0 Å². The zero-order chi connectivity index (χ0) is 25.5. The Kier molecular flexibility index (Phi) is 6.41. The fourth-order valence-electron chi connectivity index (χ4n) is 3.48. The number of benzene rings is 2. The van der Waals surface area contributed by atoms with Crippen LogP contribution in [0, 0.1) is 17.5 Å². The highest BCUT2D eigenvalue weighted by Crippen LogP contribution is 2.42. The molecule has 4 rings (SSSR count). The summed E-state index contributed by atoms with van der Waals surface area (Å²) in [6.45, 7) is 5.95. The summed E-state index contributed by atoms with van der Waals surface area (Å²) in [7, 11) is -3.87. The zero-order valence-corrected chi connectivity index (χ0v) is 21.1. The molecule has 11 heteroatoms. The number of halogens is 3. The van der Waals surface area contributed by atoms with Crippen molar-refractivity contribution in [1.82, 2.24) is 15.0 Å². The number of nitrogen functional groups attached to an aromatic ring is 1. The molecule has 0 fully saturated rings. The molecule has 184 valence electrons. The largest absolute Gasteiger partial charge is 0.368 e. The number of nitrogens with one attached hydrogen (secondary N) is 1. The van der Waals surface area contributed by atoms with Crippen molar-refractivity contribution < 1.29 is 17.4 Å². The van der Waals surface area contributed by atoms with E-state index in [1.807, 2.05) is 20.8 Å². The maximum atomic E-state index is 15.8. The predicted octanol–water partition coefficient (Wildman–Crippen LogP) is 5.60. The fraction of sp³-hybridized carbons (Fsp3) is 0.208. The molecular formula is C24H24F3N5OS2. The van der Waals surface area contributed by atoms with E-state index in [2.05, 4.69) is 14.7 Å². The smallest absolute Gasteiger partial charge is 0.220 e. The van der Waals surface area contributed by atoms with Gasteiger partial charge in [0.1, 0.15) is 16.5 Å². The number of thiol groups is 1. The van der Waals surface area contributed by atoms with Gasteiger partial charge in [0.2, 0.25) is 5.95 Å². The van der Waals surface area contributed by atoms with Crippen LogP contribution in [-0.4, -0.2) is 25.4 Å². The second-order valence-electron chi connectivity index (χ2n) is 9.02. The number of nitrogens with two attached hydrogens (primary N) is 1. The minimum Gasteiger partial charge on any atom is -0.368 e. The van der Waals surface area contributed by atoms with Crippen LogP contribution < -0.4 is 10.5 Å². The normalized spacial score (nSPS) is 12.5. The zero-order valence-electron chi connectivity index (χ0n) is 19.4. The van der Waals surface area contributed by atoms with E-state index in [0.29, 0.717) is 16.3 Å². The van der Waals surface area contributed by atoms with Gasteiger partial charge in [0.15, 0.2) is 5.82 Å². The number of nitrogens with zero attached hydrogens (tertiary/aromatic N) is 3. The quantitative estimate of drug-likeness (QED) is 0.299. The predicted molar refractivity (Wildman–Crippen MR) is 135 cm³/mol. The van der Waals surface area contributed by atoms with Crippen LogP contribution in [0.5, 0.6) is 0 Å². The van der Waals surface area contributed by atoms with E-state index in [-0.39, 0.29) is 22.6 Å². The van der Waals surface area contributed by atoms with Crippen LogP contribution in [0.2, 0.25) is 0 Å². The Morgan fingerprint density at radius 3 is 2.29 bits per heavy atom. The highest BCUT2D eigenvalue weighted by molar-refractivity contribution is 8.03. The van der Waals surface area contributed by atoms with Gasteiger partial charge in [0.05, 0.1) is 27.0 Å². The number of hydrogen-bond donors (Lipinski definition) is 3. The second-order valence-corrected chi connectivity index (χ2v) is 12.5. The molecule has 3 N–H and O–H groups in total. The van der Waals surface area contributed by atoms with E-state index in [1.165, 1.54) is 35.7 Å².